The van der Waals surface area contributed by atoms with Crippen molar-refractivity contribution in [2.45, 2.75) is 31.6 Å². The number of nitrogens with zero attached hydrogens (tertiary/aromatic N) is 1. The molecule has 20 heavy (non-hydrogen) atoms. The second-order valence-electron chi connectivity index (χ2n) is 5.75. The average molecular weight is 268 g/mol. The molecule has 4 heteroatoms. The molecule has 1 aromatic carbocycles. The molecule has 0 aliphatic heterocycles. The fourth-order valence-corrected chi connectivity index (χ4v) is 2.47. The van der Waals surface area contributed by atoms with Crippen LogP contribution in [-0.4, -0.2) is 10.9 Å². The predicted molar refractivity (Wildman–Crippen MR) is 75.3 cm³/mol. The lowest BCUT2D eigenvalue weighted by molar-refractivity contribution is -0.117. The van der Waals surface area contributed by atoms with E-state index >= 15 is 0 Å². The molecule has 0 radical (unpaired) electrons. The highest BCUT2D eigenvalue weighted by Gasteiger charge is 2.30. The minimum absolute atomic E-state index is 0.140. The first-order valence-corrected chi connectivity index (χ1v) is 7.14. The van der Waals surface area contributed by atoms with E-state index in [1.54, 1.807) is 6.20 Å². The van der Waals surface area contributed by atoms with Crippen LogP contribution in [0.3, 0.4) is 0 Å². The molecule has 2 saturated carbocycles. The van der Waals surface area contributed by atoms with Gasteiger partial charge in [0.15, 0.2) is 12.2 Å². The van der Waals surface area contributed by atoms with Crippen LogP contribution in [0.2, 0.25) is 0 Å². The highest BCUT2D eigenvalue weighted by Crippen LogP contribution is 2.42. The van der Waals surface area contributed by atoms with Gasteiger partial charge in [-0.2, -0.15) is 0 Å². The summed E-state index contributed by atoms with van der Waals surface area (Å²) in [6, 6.07) is 6.20. The Balaban J connectivity index is 1.67. The highest BCUT2D eigenvalue weighted by molar-refractivity contribution is 5.94. The molecule has 2 aliphatic carbocycles. The standard InChI is InChI=1S/C16H16N2O2/c19-16(11-3-4-11)18-14-6-12(10-1-2-10)5-13(7-14)15-8-17-9-20-15/h5-11H,1-4H2,(H,18,19). The molecule has 102 valence electrons. The number of oxazole rings is 1. The molecule has 4 nitrogen and oxygen atoms in total. The van der Waals surface area contributed by atoms with Gasteiger partial charge in [0.25, 0.3) is 0 Å². The van der Waals surface area contributed by atoms with Crippen molar-refractivity contribution in [3.8, 4) is 11.3 Å². The Morgan fingerprint density at radius 1 is 1.20 bits per heavy atom. The van der Waals surface area contributed by atoms with E-state index in [2.05, 4.69) is 22.4 Å². The lowest BCUT2D eigenvalue weighted by Gasteiger charge is -2.09. The first kappa shape index (κ1) is 11.7. The van der Waals surface area contributed by atoms with Gasteiger partial charge in [-0.3, -0.25) is 4.79 Å². The summed E-state index contributed by atoms with van der Waals surface area (Å²) in [7, 11) is 0. The number of rotatable bonds is 4. The van der Waals surface area contributed by atoms with Crippen LogP contribution in [0, 0.1) is 5.92 Å². The van der Waals surface area contributed by atoms with Crippen LogP contribution in [-0.2, 0) is 4.79 Å². The van der Waals surface area contributed by atoms with Crippen LogP contribution in [0.1, 0.15) is 37.2 Å². The summed E-state index contributed by atoms with van der Waals surface area (Å²) in [5.74, 6) is 1.73. The summed E-state index contributed by atoms with van der Waals surface area (Å²) in [6.07, 6.45) is 7.64. The number of hydrogen-bond acceptors (Lipinski definition) is 3. The summed E-state index contributed by atoms with van der Waals surface area (Å²) < 4.78 is 5.37. The van der Waals surface area contributed by atoms with Crippen molar-refractivity contribution in [2.24, 2.45) is 5.92 Å². The molecule has 0 atom stereocenters. The lowest BCUT2D eigenvalue weighted by Crippen LogP contribution is -2.13. The van der Waals surface area contributed by atoms with Crippen LogP contribution >= 0.6 is 0 Å². The van der Waals surface area contributed by atoms with Crippen molar-refractivity contribution in [1.82, 2.24) is 4.98 Å². The van der Waals surface area contributed by atoms with Gasteiger partial charge in [0.1, 0.15) is 0 Å². The van der Waals surface area contributed by atoms with Crippen LogP contribution in [0.4, 0.5) is 5.69 Å². The maximum atomic E-state index is 11.9. The maximum Gasteiger partial charge on any atom is 0.227 e. The van der Waals surface area contributed by atoms with E-state index in [0.29, 0.717) is 5.92 Å². The molecule has 1 N–H and O–H groups in total. The molecule has 0 unspecified atom stereocenters. The highest BCUT2D eigenvalue weighted by atomic mass is 16.3. The molecule has 2 aromatic rings. The molecule has 4 rings (SSSR count). The molecule has 2 fully saturated rings. The Labute approximate surface area is 117 Å². The number of amides is 1. The van der Waals surface area contributed by atoms with Crippen LogP contribution in [0.25, 0.3) is 11.3 Å². The quantitative estimate of drug-likeness (QED) is 0.922. The van der Waals surface area contributed by atoms with Gasteiger partial charge in [0.05, 0.1) is 6.20 Å². The van der Waals surface area contributed by atoms with Gasteiger partial charge in [0, 0.05) is 17.2 Å². The summed E-state index contributed by atoms with van der Waals surface area (Å²) >= 11 is 0. The summed E-state index contributed by atoms with van der Waals surface area (Å²) in [5.41, 5.74) is 3.14. The van der Waals surface area contributed by atoms with E-state index in [-0.39, 0.29) is 11.8 Å². The summed E-state index contributed by atoms with van der Waals surface area (Å²) in [6.45, 7) is 0. The van der Waals surface area contributed by atoms with Gasteiger partial charge in [-0.15, -0.1) is 0 Å². The second-order valence-corrected chi connectivity index (χ2v) is 5.75. The molecule has 1 aromatic heterocycles. The Bertz CT molecular complexity index is 641. The molecule has 1 heterocycles. The first-order valence-electron chi connectivity index (χ1n) is 7.14. The minimum atomic E-state index is 0.140. The Morgan fingerprint density at radius 3 is 2.70 bits per heavy atom. The number of carbonyl (C=O) groups excluding carboxylic acids is 1. The topological polar surface area (TPSA) is 55.1 Å². The molecular formula is C16H16N2O2. The number of carbonyl (C=O) groups is 1. The third-order valence-electron chi connectivity index (χ3n) is 3.94. The fraction of sp³-hybridized carbons (Fsp3) is 0.375. The molecule has 2 aliphatic rings. The van der Waals surface area contributed by atoms with Crippen molar-refractivity contribution in [3.05, 3.63) is 36.4 Å². The van der Waals surface area contributed by atoms with Gasteiger partial charge in [-0.25, -0.2) is 4.98 Å². The smallest absolute Gasteiger partial charge is 0.227 e. The van der Waals surface area contributed by atoms with E-state index in [4.69, 9.17) is 4.42 Å². The Morgan fingerprint density at radius 2 is 2.05 bits per heavy atom. The summed E-state index contributed by atoms with van der Waals surface area (Å²) in [4.78, 5) is 15.9. The zero-order valence-corrected chi connectivity index (χ0v) is 11.1. The number of nitrogens with one attached hydrogen (secondary N) is 1. The van der Waals surface area contributed by atoms with Crippen LogP contribution in [0.15, 0.2) is 35.2 Å². The largest absolute Gasteiger partial charge is 0.444 e. The van der Waals surface area contributed by atoms with E-state index in [1.807, 2.05) is 6.07 Å². The van der Waals surface area contributed by atoms with Crippen molar-refractivity contribution in [3.63, 3.8) is 0 Å². The number of hydrogen-bond donors (Lipinski definition) is 1. The normalized spacial score (nSPS) is 18.0. The van der Waals surface area contributed by atoms with Gasteiger partial charge in [0.2, 0.25) is 5.91 Å². The molecule has 0 spiro atoms. The van der Waals surface area contributed by atoms with Crippen molar-refractivity contribution in [2.75, 3.05) is 5.32 Å². The van der Waals surface area contributed by atoms with Crippen LogP contribution < -0.4 is 5.32 Å². The Hall–Kier alpha value is -2.10. The van der Waals surface area contributed by atoms with Crippen molar-refractivity contribution in [1.29, 1.82) is 0 Å². The van der Waals surface area contributed by atoms with Crippen molar-refractivity contribution < 1.29 is 9.21 Å². The zero-order chi connectivity index (χ0) is 13.5. The molecule has 0 bridgehead atoms. The SMILES string of the molecule is O=C(Nc1cc(-c2cnco2)cc(C2CC2)c1)C1CC1. The van der Waals surface area contributed by atoms with Gasteiger partial charge >= 0.3 is 0 Å². The number of aromatic nitrogens is 1. The average Bonchev–Trinajstić information content (AvgIpc) is 3.36. The first-order chi connectivity index (χ1) is 9.79. The zero-order valence-electron chi connectivity index (χ0n) is 11.1. The molecular weight excluding hydrogens is 252 g/mol. The third-order valence-corrected chi connectivity index (χ3v) is 3.94. The monoisotopic (exact) mass is 268 g/mol. The van der Waals surface area contributed by atoms with Gasteiger partial charge in [-0.05, 0) is 55.4 Å². The Kier molecular flexibility index (Phi) is 2.62. The fourth-order valence-electron chi connectivity index (χ4n) is 2.47. The van der Waals surface area contributed by atoms with E-state index in [0.717, 1.165) is 29.9 Å². The lowest BCUT2D eigenvalue weighted by atomic mass is 10.0. The predicted octanol–water partition coefficient (Wildman–Crippen LogP) is 3.57. The van der Waals surface area contributed by atoms with E-state index < -0.39 is 0 Å². The van der Waals surface area contributed by atoms with Gasteiger partial charge < -0.3 is 9.73 Å². The van der Waals surface area contributed by atoms with Gasteiger partial charge in [-0.1, -0.05) is 0 Å². The summed E-state index contributed by atoms with van der Waals surface area (Å²) in [5, 5.41) is 3.03. The molecule has 1 amide bonds. The number of benzene rings is 1. The maximum absolute atomic E-state index is 11.9. The number of anilines is 1. The second kappa shape index (κ2) is 4.47. The van der Waals surface area contributed by atoms with Crippen molar-refractivity contribution >= 4 is 11.6 Å². The van der Waals surface area contributed by atoms with E-state index in [9.17, 15) is 4.79 Å². The minimum Gasteiger partial charge on any atom is -0.444 e. The third kappa shape index (κ3) is 2.33. The van der Waals surface area contributed by atoms with Crippen LogP contribution in [0.5, 0.6) is 0 Å². The van der Waals surface area contributed by atoms with E-state index in [1.165, 1.54) is 24.8 Å². The molecule has 0 saturated heterocycles.